The molecule has 0 fully saturated rings. The molecular weight excluding hydrogens is 454 g/mol. The van der Waals surface area contributed by atoms with Crippen LogP contribution >= 0.6 is 0 Å². The second-order valence-electron chi connectivity index (χ2n) is 5.90. The van der Waals surface area contributed by atoms with Crippen LogP contribution in [0.15, 0.2) is 23.0 Å². The number of carbonyl (C=O) groups excluding carboxylic acids is 1. The number of H-pyrrole nitrogens is 1. The zero-order valence-electron chi connectivity index (χ0n) is 14.3. The smallest absolute Gasteiger partial charge is 0.289 e. The van der Waals surface area contributed by atoms with Gasteiger partial charge in [0.05, 0.1) is 5.69 Å². The number of alkyl halides is 3. The fourth-order valence-electron chi connectivity index (χ4n) is 2.61. The molecule has 4 nitrogen and oxygen atoms in total. The maximum Gasteiger partial charge on any atom is 0.455 e. The molecule has 0 aliphatic carbocycles. The zero-order valence-corrected chi connectivity index (χ0v) is 14.3. The fourth-order valence-corrected chi connectivity index (χ4v) is 2.61. The van der Waals surface area contributed by atoms with Crippen LogP contribution < -0.4 is 5.56 Å². The number of rotatable bonds is 3. The lowest BCUT2D eigenvalue weighted by Crippen LogP contribution is -2.30. The molecule has 0 unspecified atom stereocenters. The van der Waals surface area contributed by atoms with Gasteiger partial charge in [-0.15, -0.1) is 0 Å². The number of nitrogens with one attached hydrogen (secondary N) is 1. The first-order chi connectivity index (χ1) is 14.3. The number of hydrogen-bond acceptors (Lipinski definition) is 2. The summed E-state index contributed by atoms with van der Waals surface area (Å²) in [7, 11) is 0. The third kappa shape index (κ3) is 3.57. The number of halogens is 10. The standard InChI is InChI=1S/C17H4F10N2O2/c18-5-1-4(2-6(19)10(5)22)13-9(15(30)17(25,26)27)16(31)29(28-13)14-11(23)7(20)3-8(21)12(14)24/h1-3,28H. The van der Waals surface area contributed by atoms with Gasteiger partial charge < -0.3 is 0 Å². The highest BCUT2D eigenvalue weighted by molar-refractivity contribution is 6.04. The van der Waals surface area contributed by atoms with Crippen LogP contribution in [-0.4, -0.2) is 21.7 Å². The van der Waals surface area contributed by atoms with Crippen molar-refractivity contribution >= 4 is 5.78 Å². The Kier molecular flexibility index (Phi) is 5.19. The van der Waals surface area contributed by atoms with E-state index in [1.807, 2.05) is 0 Å². The van der Waals surface area contributed by atoms with Crippen LogP contribution in [-0.2, 0) is 0 Å². The first-order valence-electron chi connectivity index (χ1n) is 7.70. The van der Waals surface area contributed by atoms with Gasteiger partial charge >= 0.3 is 6.18 Å². The number of carbonyl (C=O) groups is 1. The SMILES string of the molecule is O=C(c1c(-c2cc(F)c(F)c(F)c2)[nH]n(-c2c(F)c(F)cc(F)c2F)c1=O)C(F)(F)F. The van der Waals surface area contributed by atoms with Crippen molar-refractivity contribution in [2.24, 2.45) is 0 Å². The molecule has 0 atom stereocenters. The summed E-state index contributed by atoms with van der Waals surface area (Å²) < 4.78 is 134. The van der Waals surface area contributed by atoms with Gasteiger partial charge in [-0.05, 0) is 12.1 Å². The number of benzene rings is 2. The Bertz CT molecular complexity index is 1240. The Balaban J connectivity index is 2.45. The van der Waals surface area contributed by atoms with Crippen LogP contribution in [0.25, 0.3) is 16.9 Å². The lowest BCUT2D eigenvalue weighted by atomic mass is 10.0. The van der Waals surface area contributed by atoms with Crippen LogP contribution in [0.2, 0.25) is 0 Å². The predicted molar refractivity (Wildman–Crippen MR) is 81.9 cm³/mol. The zero-order chi connectivity index (χ0) is 23.4. The summed E-state index contributed by atoms with van der Waals surface area (Å²) in [4.78, 5) is 24.1. The molecule has 14 heteroatoms. The highest BCUT2D eigenvalue weighted by Gasteiger charge is 2.44. The van der Waals surface area contributed by atoms with Crippen LogP contribution in [0.3, 0.4) is 0 Å². The van der Waals surface area contributed by atoms with Gasteiger partial charge in [0.15, 0.2) is 40.7 Å². The number of aromatic amines is 1. The van der Waals surface area contributed by atoms with Crippen molar-refractivity contribution in [2.45, 2.75) is 6.18 Å². The van der Waals surface area contributed by atoms with E-state index < -0.39 is 85.4 Å². The summed E-state index contributed by atoms with van der Waals surface area (Å²) in [5.41, 5.74) is -8.38. The van der Waals surface area contributed by atoms with E-state index in [-0.39, 0.29) is 18.2 Å². The number of hydrogen-bond donors (Lipinski definition) is 1. The van der Waals surface area contributed by atoms with Crippen LogP contribution in [0.5, 0.6) is 0 Å². The van der Waals surface area contributed by atoms with Crippen LogP contribution in [0.4, 0.5) is 43.9 Å². The summed E-state index contributed by atoms with van der Waals surface area (Å²) >= 11 is 0. The second-order valence-corrected chi connectivity index (χ2v) is 5.90. The van der Waals surface area contributed by atoms with Crippen molar-refractivity contribution in [1.82, 2.24) is 9.78 Å². The molecule has 1 heterocycles. The maximum atomic E-state index is 14.0. The van der Waals surface area contributed by atoms with Gasteiger partial charge in [-0.25, -0.2) is 35.4 Å². The summed E-state index contributed by atoms with van der Waals surface area (Å²) in [6, 6.07) is -0.129. The normalized spacial score (nSPS) is 11.8. The molecular formula is C17H4F10N2O2. The first kappa shape index (κ1) is 22.1. The van der Waals surface area contributed by atoms with Crippen molar-refractivity contribution in [1.29, 1.82) is 0 Å². The van der Waals surface area contributed by atoms with Gasteiger partial charge in [-0.2, -0.15) is 13.2 Å². The first-order valence-corrected chi connectivity index (χ1v) is 7.70. The third-order valence-electron chi connectivity index (χ3n) is 3.96. The Morgan fingerprint density at radius 1 is 0.774 bits per heavy atom. The molecule has 1 N–H and O–H groups in total. The molecule has 3 aromatic rings. The number of Topliss-reactive ketones (excluding diaryl/α,β-unsaturated/α-hetero) is 1. The Morgan fingerprint density at radius 3 is 1.68 bits per heavy atom. The highest BCUT2D eigenvalue weighted by Crippen LogP contribution is 2.30. The van der Waals surface area contributed by atoms with Gasteiger partial charge in [0.1, 0.15) is 11.3 Å². The highest BCUT2D eigenvalue weighted by atomic mass is 19.4. The van der Waals surface area contributed by atoms with E-state index >= 15 is 0 Å². The summed E-state index contributed by atoms with van der Waals surface area (Å²) in [6.45, 7) is 0. The van der Waals surface area contributed by atoms with Crippen molar-refractivity contribution in [3.63, 3.8) is 0 Å². The molecule has 31 heavy (non-hydrogen) atoms. The molecule has 0 aliphatic rings. The average molecular weight is 458 g/mol. The van der Waals surface area contributed by atoms with E-state index in [0.717, 1.165) is 0 Å². The third-order valence-corrected chi connectivity index (χ3v) is 3.96. The minimum atomic E-state index is -5.77. The fraction of sp³-hybridized carbons (Fsp3) is 0.0588. The quantitative estimate of drug-likeness (QED) is 0.271. The van der Waals surface area contributed by atoms with E-state index in [2.05, 4.69) is 0 Å². The molecule has 2 aromatic carbocycles. The van der Waals surface area contributed by atoms with Crippen molar-refractivity contribution < 1.29 is 48.7 Å². The van der Waals surface area contributed by atoms with Crippen LogP contribution in [0.1, 0.15) is 10.4 Å². The van der Waals surface area contributed by atoms with Crippen LogP contribution in [0, 0.1) is 40.7 Å². The number of aromatic nitrogens is 2. The average Bonchev–Trinajstić information content (AvgIpc) is 3.00. The van der Waals surface area contributed by atoms with Crippen molar-refractivity contribution in [3.8, 4) is 16.9 Å². The van der Waals surface area contributed by atoms with Gasteiger partial charge in [-0.1, -0.05) is 0 Å². The molecule has 3 rings (SSSR count). The van der Waals surface area contributed by atoms with E-state index in [0.29, 0.717) is 0 Å². The molecule has 0 aliphatic heterocycles. The summed E-state index contributed by atoms with van der Waals surface area (Å²) in [6.07, 6.45) is -5.77. The summed E-state index contributed by atoms with van der Waals surface area (Å²) in [5.74, 6) is -17.5. The molecule has 0 bridgehead atoms. The lowest BCUT2D eigenvalue weighted by molar-refractivity contribution is -0.0885. The minimum Gasteiger partial charge on any atom is -0.289 e. The predicted octanol–water partition coefficient (Wildman–Crippen LogP) is 4.55. The molecule has 164 valence electrons. The molecule has 0 saturated heterocycles. The van der Waals surface area contributed by atoms with Gasteiger partial charge in [0, 0.05) is 11.6 Å². The van der Waals surface area contributed by atoms with E-state index in [1.54, 1.807) is 5.10 Å². The largest absolute Gasteiger partial charge is 0.455 e. The van der Waals surface area contributed by atoms with Gasteiger partial charge in [-0.3, -0.25) is 14.7 Å². The molecule has 0 radical (unpaired) electrons. The topological polar surface area (TPSA) is 54.9 Å². The van der Waals surface area contributed by atoms with E-state index in [9.17, 15) is 53.5 Å². The monoisotopic (exact) mass is 458 g/mol. The van der Waals surface area contributed by atoms with E-state index in [1.165, 1.54) is 0 Å². The molecule has 0 spiro atoms. The second kappa shape index (κ2) is 7.28. The Morgan fingerprint density at radius 2 is 1.23 bits per heavy atom. The summed E-state index contributed by atoms with van der Waals surface area (Å²) in [5, 5.41) is 1.56. The Hall–Kier alpha value is -3.58. The molecule has 0 saturated carbocycles. The number of ketones is 1. The maximum absolute atomic E-state index is 14.0. The molecule has 0 amide bonds. The Labute approximate surface area is 163 Å². The van der Waals surface area contributed by atoms with E-state index in [4.69, 9.17) is 0 Å². The molecule has 1 aromatic heterocycles. The van der Waals surface area contributed by atoms with Gasteiger partial charge in [0.2, 0.25) is 0 Å². The van der Waals surface area contributed by atoms with Crippen molar-refractivity contribution in [2.75, 3.05) is 0 Å². The van der Waals surface area contributed by atoms with Gasteiger partial charge in [0.25, 0.3) is 11.3 Å². The number of nitrogens with zero attached hydrogens (tertiary/aromatic N) is 1. The van der Waals surface area contributed by atoms with Crippen molar-refractivity contribution in [3.05, 3.63) is 74.8 Å². The lowest BCUT2D eigenvalue weighted by Gasteiger charge is -2.07. The minimum absolute atomic E-state index is 0.0695.